The Morgan fingerprint density at radius 2 is 1.79 bits per heavy atom. The van der Waals surface area contributed by atoms with E-state index in [0.29, 0.717) is 5.69 Å². The van der Waals surface area contributed by atoms with E-state index in [9.17, 15) is 13.2 Å². The summed E-state index contributed by atoms with van der Waals surface area (Å²) in [6.45, 7) is 7.42. The van der Waals surface area contributed by atoms with Crippen molar-refractivity contribution in [2.75, 3.05) is 5.32 Å². The zero-order valence-corrected chi connectivity index (χ0v) is 15.7. The van der Waals surface area contributed by atoms with Crippen LogP contribution in [0.3, 0.4) is 0 Å². The Morgan fingerprint density at radius 3 is 2.33 bits per heavy atom. The molecule has 0 atom stereocenters. The number of unbranched alkanes of at least 4 members (excludes halogenated alkanes) is 3. The van der Waals surface area contributed by atoms with Crippen LogP contribution < -0.4 is 5.32 Å². The average Bonchev–Trinajstić information content (AvgIpc) is 2.45. The van der Waals surface area contributed by atoms with E-state index in [1.807, 2.05) is 0 Å². The molecule has 0 spiro atoms. The van der Waals surface area contributed by atoms with Gasteiger partial charge in [0.1, 0.15) is 5.60 Å². The fourth-order valence-electron chi connectivity index (χ4n) is 1.93. The smallest absolute Gasteiger partial charge is 0.412 e. The number of anilines is 1. The summed E-state index contributed by atoms with van der Waals surface area (Å²) in [5.74, 6) is 0. The molecule has 5 nitrogen and oxygen atoms in total. The highest BCUT2D eigenvalue weighted by Gasteiger charge is 2.16. The molecular formula is C18H27NO4S. The van der Waals surface area contributed by atoms with Crippen LogP contribution >= 0.6 is 0 Å². The van der Waals surface area contributed by atoms with Crippen molar-refractivity contribution in [2.24, 2.45) is 0 Å². The first-order chi connectivity index (χ1) is 11.1. The van der Waals surface area contributed by atoms with Crippen molar-refractivity contribution in [3.05, 3.63) is 35.7 Å². The first-order valence-electron chi connectivity index (χ1n) is 8.16. The summed E-state index contributed by atoms with van der Waals surface area (Å²) in [5, 5.41) is 3.82. The van der Waals surface area contributed by atoms with Gasteiger partial charge in [-0.1, -0.05) is 25.8 Å². The highest BCUT2D eigenvalue weighted by Crippen LogP contribution is 2.18. The number of hydrogen-bond acceptors (Lipinski definition) is 4. The van der Waals surface area contributed by atoms with Crippen molar-refractivity contribution < 1.29 is 17.9 Å². The van der Waals surface area contributed by atoms with Gasteiger partial charge in [0.05, 0.1) is 4.90 Å². The first kappa shape index (κ1) is 20.2. The molecule has 0 heterocycles. The Bertz CT molecular complexity index is 655. The number of rotatable bonds is 7. The van der Waals surface area contributed by atoms with Gasteiger partial charge in [-0.05, 0) is 57.9 Å². The van der Waals surface area contributed by atoms with Crippen molar-refractivity contribution in [1.82, 2.24) is 0 Å². The molecule has 1 aromatic rings. The summed E-state index contributed by atoms with van der Waals surface area (Å²) in [7, 11) is -3.45. The monoisotopic (exact) mass is 353 g/mol. The third kappa shape index (κ3) is 7.64. The molecule has 1 amide bonds. The summed E-state index contributed by atoms with van der Waals surface area (Å²) in [5.41, 5.74) is -0.106. The average molecular weight is 353 g/mol. The Morgan fingerprint density at radius 1 is 1.17 bits per heavy atom. The third-order valence-corrected chi connectivity index (χ3v) is 4.56. The van der Waals surface area contributed by atoms with Gasteiger partial charge in [-0.2, -0.15) is 0 Å². The highest BCUT2D eigenvalue weighted by molar-refractivity contribution is 7.94. The summed E-state index contributed by atoms with van der Waals surface area (Å²) in [6, 6.07) is 6.03. The van der Waals surface area contributed by atoms with Gasteiger partial charge in [-0.3, -0.25) is 5.32 Å². The van der Waals surface area contributed by atoms with E-state index >= 15 is 0 Å². The second-order valence-electron chi connectivity index (χ2n) is 6.56. The SMILES string of the molecule is CCCCC/C=C/S(=O)(=O)c1ccc(NC(=O)OC(C)(C)C)cc1. The van der Waals surface area contributed by atoms with Gasteiger partial charge in [0, 0.05) is 11.1 Å². The van der Waals surface area contributed by atoms with Crippen molar-refractivity contribution in [1.29, 1.82) is 0 Å². The quantitative estimate of drug-likeness (QED) is 0.708. The van der Waals surface area contributed by atoms with Gasteiger partial charge in [-0.25, -0.2) is 13.2 Å². The fraction of sp³-hybridized carbons (Fsp3) is 0.500. The molecule has 1 aromatic carbocycles. The van der Waals surface area contributed by atoms with Crippen LogP contribution in [-0.4, -0.2) is 20.1 Å². The Hall–Kier alpha value is -1.82. The maximum Gasteiger partial charge on any atom is 0.412 e. The number of benzene rings is 1. The number of amides is 1. The van der Waals surface area contributed by atoms with Gasteiger partial charge in [0.15, 0.2) is 9.84 Å². The van der Waals surface area contributed by atoms with Gasteiger partial charge >= 0.3 is 6.09 Å². The zero-order valence-electron chi connectivity index (χ0n) is 14.8. The zero-order chi connectivity index (χ0) is 18.2. The second kappa shape index (κ2) is 8.87. The number of sulfone groups is 1. The standard InChI is InChI=1S/C18H27NO4S/c1-5-6-7-8-9-14-24(21,22)16-12-10-15(11-13-16)19-17(20)23-18(2,3)4/h9-14H,5-8H2,1-4H3,(H,19,20)/b14-9+. The number of carbonyl (C=O) groups excluding carboxylic acids is 1. The summed E-state index contributed by atoms with van der Waals surface area (Å²) < 4.78 is 29.5. The maximum absolute atomic E-state index is 12.2. The number of allylic oxidation sites excluding steroid dienone is 1. The van der Waals surface area contributed by atoms with Gasteiger partial charge in [-0.15, -0.1) is 0 Å². The van der Waals surface area contributed by atoms with Gasteiger partial charge in [0.25, 0.3) is 0 Å². The molecule has 0 saturated heterocycles. The van der Waals surface area contributed by atoms with E-state index in [1.54, 1.807) is 39.0 Å². The van der Waals surface area contributed by atoms with E-state index in [1.165, 1.54) is 17.5 Å². The van der Waals surface area contributed by atoms with Crippen LogP contribution in [0.5, 0.6) is 0 Å². The number of nitrogens with one attached hydrogen (secondary N) is 1. The number of ether oxygens (including phenoxy) is 1. The predicted molar refractivity (Wildman–Crippen MR) is 96.8 cm³/mol. The first-order valence-corrected chi connectivity index (χ1v) is 9.70. The molecule has 24 heavy (non-hydrogen) atoms. The van der Waals surface area contributed by atoms with Crippen LogP contribution in [0.4, 0.5) is 10.5 Å². The molecule has 0 unspecified atom stereocenters. The summed E-state index contributed by atoms with van der Waals surface area (Å²) >= 11 is 0. The third-order valence-electron chi connectivity index (χ3n) is 3.08. The lowest BCUT2D eigenvalue weighted by Crippen LogP contribution is -2.27. The van der Waals surface area contributed by atoms with E-state index < -0.39 is 21.5 Å². The maximum atomic E-state index is 12.2. The van der Waals surface area contributed by atoms with Crippen molar-refractivity contribution in [2.45, 2.75) is 63.9 Å². The van der Waals surface area contributed by atoms with Crippen molar-refractivity contribution in [3.8, 4) is 0 Å². The molecule has 0 bridgehead atoms. The molecule has 0 aliphatic heterocycles. The topological polar surface area (TPSA) is 72.5 Å². The van der Waals surface area contributed by atoms with Crippen LogP contribution in [0.2, 0.25) is 0 Å². The van der Waals surface area contributed by atoms with Gasteiger partial charge in [0.2, 0.25) is 0 Å². The molecule has 6 heteroatoms. The van der Waals surface area contributed by atoms with E-state index in [4.69, 9.17) is 4.74 Å². The minimum atomic E-state index is -3.45. The van der Waals surface area contributed by atoms with Crippen molar-refractivity contribution in [3.63, 3.8) is 0 Å². The fourth-order valence-corrected chi connectivity index (χ4v) is 3.00. The molecule has 0 saturated carbocycles. The second-order valence-corrected chi connectivity index (χ2v) is 8.40. The molecule has 1 rings (SSSR count). The Kier molecular flexibility index (Phi) is 7.48. The Labute approximate surface area is 145 Å². The minimum absolute atomic E-state index is 0.198. The van der Waals surface area contributed by atoms with Crippen LogP contribution in [0.15, 0.2) is 40.6 Å². The van der Waals surface area contributed by atoms with E-state index in [2.05, 4.69) is 12.2 Å². The normalized spacial score (nSPS) is 12.3. The summed E-state index contributed by atoms with van der Waals surface area (Å²) in [6.07, 6.45) is 5.06. The molecule has 0 aliphatic rings. The molecule has 0 radical (unpaired) electrons. The number of hydrogen-bond donors (Lipinski definition) is 1. The summed E-state index contributed by atoms with van der Waals surface area (Å²) in [4.78, 5) is 11.9. The van der Waals surface area contributed by atoms with Gasteiger partial charge < -0.3 is 4.74 Å². The largest absolute Gasteiger partial charge is 0.444 e. The lowest BCUT2D eigenvalue weighted by atomic mass is 10.2. The van der Waals surface area contributed by atoms with E-state index in [-0.39, 0.29) is 4.90 Å². The molecule has 0 aliphatic carbocycles. The van der Waals surface area contributed by atoms with Crippen LogP contribution in [0, 0.1) is 0 Å². The highest BCUT2D eigenvalue weighted by atomic mass is 32.2. The predicted octanol–water partition coefficient (Wildman–Crippen LogP) is 4.90. The molecule has 0 fully saturated rings. The molecule has 134 valence electrons. The minimum Gasteiger partial charge on any atom is -0.444 e. The van der Waals surface area contributed by atoms with Crippen LogP contribution in [0.25, 0.3) is 0 Å². The van der Waals surface area contributed by atoms with Crippen LogP contribution in [-0.2, 0) is 14.6 Å². The van der Waals surface area contributed by atoms with Crippen LogP contribution in [0.1, 0.15) is 53.4 Å². The molecule has 1 N–H and O–H groups in total. The lowest BCUT2D eigenvalue weighted by Gasteiger charge is -2.19. The lowest BCUT2D eigenvalue weighted by molar-refractivity contribution is 0.0636. The number of carbonyl (C=O) groups is 1. The van der Waals surface area contributed by atoms with Crippen molar-refractivity contribution >= 4 is 21.6 Å². The Balaban J connectivity index is 2.67. The molecular weight excluding hydrogens is 326 g/mol. The van der Waals surface area contributed by atoms with E-state index in [0.717, 1.165) is 25.7 Å². The molecule has 0 aromatic heterocycles.